The second kappa shape index (κ2) is 5.27. The average Bonchev–Trinajstić information content (AvgIpc) is 2.83. The predicted molar refractivity (Wildman–Crippen MR) is 59.5 cm³/mol. The van der Waals surface area contributed by atoms with Crippen molar-refractivity contribution >= 4 is 5.97 Å². The Balaban J connectivity index is 2.12. The lowest BCUT2D eigenvalue weighted by molar-refractivity contribution is -0.355. The minimum atomic E-state index is -0.518. The Morgan fingerprint density at radius 3 is 2.65 bits per heavy atom. The zero-order chi connectivity index (χ0) is 12.3. The highest BCUT2D eigenvalue weighted by molar-refractivity contribution is 5.75. The third kappa shape index (κ3) is 2.46. The lowest BCUT2D eigenvalue weighted by Crippen LogP contribution is -2.35. The maximum absolute atomic E-state index is 11.5. The average molecular weight is 237 g/mol. The third-order valence-corrected chi connectivity index (χ3v) is 2.75. The molecule has 5 nitrogen and oxygen atoms in total. The number of ether oxygens (including phenoxy) is 1. The van der Waals surface area contributed by atoms with E-state index in [2.05, 4.69) is 0 Å². The fraction of sp³-hybridized carbons (Fsp3) is 0.417. The van der Waals surface area contributed by atoms with Crippen LogP contribution in [0.2, 0.25) is 0 Å². The van der Waals surface area contributed by atoms with Crippen LogP contribution in [0.5, 0.6) is 0 Å². The molecular weight excluding hydrogens is 222 g/mol. The van der Waals surface area contributed by atoms with Gasteiger partial charge in [0.25, 0.3) is 0 Å². The van der Waals surface area contributed by atoms with Gasteiger partial charge in [0, 0.05) is 6.42 Å². The monoisotopic (exact) mass is 237 g/mol. The van der Waals surface area contributed by atoms with Crippen molar-refractivity contribution < 1.29 is 19.2 Å². The molecule has 0 N–H and O–H groups in total. The minimum absolute atomic E-state index is 0.180. The highest BCUT2D eigenvalue weighted by Gasteiger charge is 2.40. The Morgan fingerprint density at radius 2 is 2.06 bits per heavy atom. The molecule has 0 aromatic heterocycles. The second-order valence-corrected chi connectivity index (χ2v) is 3.75. The summed E-state index contributed by atoms with van der Waals surface area (Å²) < 4.78 is 4.71. The number of esters is 1. The van der Waals surface area contributed by atoms with E-state index in [-0.39, 0.29) is 12.1 Å². The van der Waals surface area contributed by atoms with E-state index in [1.54, 1.807) is 0 Å². The molecule has 0 saturated carbocycles. The summed E-state index contributed by atoms with van der Waals surface area (Å²) in [5, 5.41) is 1.20. The molecular formula is C12H15NO4. The summed E-state index contributed by atoms with van der Waals surface area (Å²) in [5.74, 6) is -0.356. The van der Waals surface area contributed by atoms with Crippen molar-refractivity contribution in [3.05, 3.63) is 35.9 Å². The lowest BCUT2D eigenvalue weighted by Gasteiger charge is -2.17. The smallest absolute Gasteiger partial charge is 0.328 e. The van der Waals surface area contributed by atoms with Crippen LogP contribution >= 0.6 is 0 Å². The van der Waals surface area contributed by atoms with Crippen LogP contribution in [0.25, 0.3) is 0 Å². The summed E-state index contributed by atoms with van der Waals surface area (Å²) in [6.45, 7) is 0. The van der Waals surface area contributed by atoms with Crippen molar-refractivity contribution in [1.29, 1.82) is 0 Å². The first-order valence-electron chi connectivity index (χ1n) is 5.39. The predicted octanol–water partition coefficient (Wildman–Crippen LogP) is 1.47. The molecule has 5 heteroatoms. The Labute approximate surface area is 99.8 Å². The number of carbonyl (C=O) groups excluding carboxylic acids is 1. The van der Waals surface area contributed by atoms with Gasteiger partial charge in [-0.25, -0.2) is 0 Å². The summed E-state index contributed by atoms with van der Waals surface area (Å²) in [6, 6.07) is 9.19. The van der Waals surface area contributed by atoms with Crippen LogP contribution in [0, 0.1) is 0 Å². The van der Waals surface area contributed by atoms with Crippen molar-refractivity contribution in [3.63, 3.8) is 0 Å². The molecule has 1 saturated heterocycles. The second-order valence-electron chi connectivity index (χ2n) is 3.75. The molecule has 1 aromatic carbocycles. The molecule has 0 unspecified atom stereocenters. The van der Waals surface area contributed by atoms with Crippen molar-refractivity contribution in [3.8, 4) is 0 Å². The number of nitrogens with zero attached hydrogens (tertiary/aromatic N) is 1. The molecule has 0 amide bonds. The van der Waals surface area contributed by atoms with E-state index in [0.29, 0.717) is 6.42 Å². The SMILES string of the molecule is COC(=O)[C@H]1C[C@H](c2ccccc2)ON1OC. The summed E-state index contributed by atoms with van der Waals surface area (Å²) in [5.41, 5.74) is 1.01. The number of hydrogen-bond acceptors (Lipinski definition) is 5. The van der Waals surface area contributed by atoms with E-state index < -0.39 is 6.04 Å². The first-order valence-corrected chi connectivity index (χ1v) is 5.39. The molecule has 1 fully saturated rings. The van der Waals surface area contributed by atoms with Crippen molar-refractivity contribution in [2.45, 2.75) is 18.6 Å². The van der Waals surface area contributed by atoms with Crippen LogP contribution in [0.3, 0.4) is 0 Å². The van der Waals surface area contributed by atoms with E-state index in [1.165, 1.54) is 19.4 Å². The topological polar surface area (TPSA) is 48.0 Å². The summed E-state index contributed by atoms with van der Waals surface area (Å²) in [6.07, 6.45) is 0.338. The Kier molecular flexibility index (Phi) is 3.73. The lowest BCUT2D eigenvalue weighted by atomic mass is 10.0. The number of hydrogen-bond donors (Lipinski definition) is 0. The fourth-order valence-electron chi connectivity index (χ4n) is 1.88. The van der Waals surface area contributed by atoms with Crippen LogP contribution in [0.15, 0.2) is 30.3 Å². The van der Waals surface area contributed by atoms with Gasteiger partial charge in [-0.2, -0.15) is 0 Å². The molecule has 2 rings (SSSR count). The van der Waals surface area contributed by atoms with Gasteiger partial charge in [0.1, 0.15) is 6.10 Å². The van der Waals surface area contributed by atoms with Gasteiger partial charge in [0.2, 0.25) is 0 Å². The number of carbonyl (C=O) groups is 1. The van der Waals surface area contributed by atoms with E-state index in [0.717, 1.165) is 5.56 Å². The molecule has 2 atom stereocenters. The molecule has 0 radical (unpaired) electrons. The minimum Gasteiger partial charge on any atom is -0.468 e. The van der Waals surface area contributed by atoms with Gasteiger partial charge in [-0.1, -0.05) is 35.6 Å². The zero-order valence-corrected chi connectivity index (χ0v) is 9.83. The largest absolute Gasteiger partial charge is 0.468 e. The number of rotatable bonds is 3. The number of benzene rings is 1. The number of methoxy groups -OCH3 is 1. The first kappa shape index (κ1) is 12.0. The molecule has 1 aromatic rings. The maximum atomic E-state index is 11.5. The van der Waals surface area contributed by atoms with Gasteiger partial charge < -0.3 is 4.74 Å². The Hall–Kier alpha value is -1.43. The van der Waals surface area contributed by atoms with Crippen LogP contribution < -0.4 is 0 Å². The molecule has 17 heavy (non-hydrogen) atoms. The summed E-state index contributed by atoms with van der Waals surface area (Å²) in [4.78, 5) is 22.1. The van der Waals surface area contributed by atoms with E-state index >= 15 is 0 Å². The zero-order valence-electron chi connectivity index (χ0n) is 9.83. The highest BCUT2D eigenvalue weighted by Crippen LogP contribution is 2.33. The number of hydroxylamine groups is 2. The van der Waals surface area contributed by atoms with Gasteiger partial charge in [0.15, 0.2) is 6.04 Å². The van der Waals surface area contributed by atoms with Gasteiger partial charge in [0.05, 0.1) is 14.2 Å². The highest BCUT2D eigenvalue weighted by atomic mass is 17.0. The van der Waals surface area contributed by atoms with Crippen LogP contribution in [-0.2, 0) is 19.2 Å². The molecule has 0 spiro atoms. The molecule has 92 valence electrons. The van der Waals surface area contributed by atoms with Crippen molar-refractivity contribution in [1.82, 2.24) is 5.23 Å². The Bertz CT molecular complexity index is 381. The molecule has 1 aliphatic rings. The molecule has 1 aliphatic heterocycles. The normalized spacial score (nSPS) is 24.8. The van der Waals surface area contributed by atoms with Crippen LogP contribution in [0.1, 0.15) is 18.1 Å². The molecule has 1 heterocycles. The fourth-order valence-corrected chi connectivity index (χ4v) is 1.88. The van der Waals surface area contributed by atoms with Gasteiger partial charge >= 0.3 is 5.97 Å². The van der Waals surface area contributed by atoms with E-state index in [4.69, 9.17) is 14.4 Å². The van der Waals surface area contributed by atoms with Crippen LogP contribution in [0.4, 0.5) is 0 Å². The van der Waals surface area contributed by atoms with Gasteiger partial charge in [-0.3, -0.25) is 14.5 Å². The molecule has 0 aliphatic carbocycles. The first-order chi connectivity index (χ1) is 8.26. The third-order valence-electron chi connectivity index (χ3n) is 2.75. The van der Waals surface area contributed by atoms with Gasteiger partial charge in [-0.15, -0.1) is 0 Å². The van der Waals surface area contributed by atoms with Crippen LogP contribution in [-0.4, -0.2) is 31.5 Å². The summed E-state index contributed by atoms with van der Waals surface area (Å²) in [7, 11) is 2.81. The summed E-state index contributed by atoms with van der Waals surface area (Å²) >= 11 is 0. The van der Waals surface area contributed by atoms with Crippen molar-refractivity contribution in [2.24, 2.45) is 0 Å². The quantitative estimate of drug-likeness (QED) is 0.745. The Morgan fingerprint density at radius 1 is 1.35 bits per heavy atom. The standard InChI is InChI=1S/C12H15NO4/c1-15-12(14)10-8-11(17-13(10)16-2)9-6-4-3-5-7-9/h3-7,10-11H,8H2,1-2H3/t10-,11-/m1/s1. The molecule has 0 bridgehead atoms. The van der Waals surface area contributed by atoms with Crippen molar-refractivity contribution in [2.75, 3.05) is 14.2 Å². The van der Waals surface area contributed by atoms with E-state index in [1.807, 2.05) is 30.3 Å². The van der Waals surface area contributed by atoms with Gasteiger partial charge in [-0.05, 0) is 5.56 Å². The maximum Gasteiger partial charge on any atom is 0.328 e. The van der Waals surface area contributed by atoms with E-state index in [9.17, 15) is 4.79 Å².